The second-order valence-corrected chi connectivity index (χ2v) is 3.43. The molecule has 1 saturated heterocycles. The minimum absolute atomic E-state index is 0.428. The molecule has 0 saturated carbocycles. The molecule has 0 aromatic heterocycles. The van der Waals surface area contributed by atoms with E-state index in [1.165, 1.54) is 0 Å². The van der Waals surface area contributed by atoms with Gasteiger partial charge >= 0.3 is 0 Å². The highest BCUT2D eigenvalue weighted by molar-refractivity contribution is 7.80. The normalized spacial score (nSPS) is 43.0. The van der Waals surface area contributed by atoms with Crippen LogP contribution in [-0.2, 0) is 4.74 Å². The van der Waals surface area contributed by atoms with Crippen molar-refractivity contribution in [2.75, 3.05) is 6.61 Å². The Morgan fingerprint density at radius 3 is 2.57 bits per heavy atom. The van der Waals surface area contributed by atoms with Crippen LogP contribution in [0.4, 0.5) is 0 Å². The molecular formula is C6H11N3O4S. The summed E-state index contributed by atoms with van der Waals surface area (Å²) in [6, 6.07) is -1.05. The molecule has 0 bridgehead atoms. The zero-order valence-electron chi connectivity index (χ0n) is 7.13. The minimum Gasteiger partial charge on any atom is -0.394 e. The molecule has 0 spiro atoms. The Labute approximate surface area is 85.3 Å². The third-order valence-corrected chi connectivity index (χ3v) is 2.48. The highest BCUT2D eigenvalue weighted by Gasteiger charge is 2.42. The van der Waals surface area contributed by atoms with Gasteiger partial charge in [0.1, 0.15) is 17.6 Å². The maximum absolute atomic E-state index is 9.50. The van der Waals surface area contributed by atoms with Gasteiger partial charge in [0.05, 0.1) is 18.8 Å². The Balaban J connectivity index is 2.82. The third-order valence-electron chi connectivity index (χ3n) is 2.05. The van der Waals surface area contributed by atoms with E-state index in [0.29, 0.717) is 0 Å². The summed E-state index contributed by atoms with van der Waals surface area (Å²) in [6.07, 6.45) is -3.31. The van der Waals surface area contributed by atoms with Crippen molar-refractivity contribution in [3.63, 3.8) is 0 Å². The van der Waals surface area contributed by atoms with Crippen molar-refractivity contribution >= 4 is 12.6 Å². The van der Waals surface area contributed by atoms with Gasteiger partial charge in [-0.1, -0.05) is 5.11 Å². The SMILES string of the molecule is [N-]=[N+]=N[C@@H]1[C@@H](O)[C@H](S)O[C@H](CO)[C@@H]1O. The van der Waals surface area contributed by atoms with E-state index < -0.39 is 36.4 Å². The largest absolute Gasteiger partial charge is 0.394 e. The molecule has 1 heterocycles. The predicted octanol–water partition coefficient (Wildman–Crippen LogP) is -0.966. The van der Waals surface area contributed by atoms with E-state index in [0.717, 1.165) is 0 Å². The van der Waals surface area contributed by atoms with Crippen LogP contribution in [0.15, 0.2) is 5.11 Å². The topological polar surface area (TPSA) is 119 Å². The summed E-state index contributed by atoms with van der Waals surface area (Å²) < 4.78 is 4.97. The molecule has 14 heavy (non-hydrogen) atoms. The second-order valence-electron chi connectivity index (χ2n) is 2.92. The Bertz CT molecular complexity index is 247. The Hall–Kier alpha value is -0.500. The van der Waals surface area contributed by atoms with Crippen molar-refractivity contribution in [3.05, 3.63) is 10.4 Å². The van der Waals surface area contributed by atoms with E-state index in [1.807, 2.05) is 0 Å². The summed E-state index contributed by atoms with van der Waals surface area (Å²) in [5, 5.41) is 31.0. The van der Waals surface area contributed by atoms with E-state index in [4.69, 9.17) is 15.4 Å². The molecule has 0 aliphatic carbocycles. The van der Waals surface area contributed by atoms with Gasteiger partial charge in [0, 0.05) is 4.91 Å². The number of rotatable bonds is 2. The Kier molecular flexibility index (Phi) is 3.99. The van der Waals surface area contributed by atoms with Gasteiger partial charge in [0.2, 0.25) is 0 Å². The Morgan fingerprint density at radius 1 is 1.43 bits per heavy atom. The number of thiol groups is 1. The van der Waals surface area contributed by atoms with Crippen molar-refractivity contribution in [2.24, 2.45) is 5.11 Å². The quantitative estimate of drug-likeness (QED) is 0.208. The first-order valence-electron chi connectivity index (χ1n) is 3.96. The van der Waals surface area contributed by atoms with Crippen molar-refractivity contribution in [3.8, 4) is 0 Å². The average Bonchev–Trinajstić information content (AvgIpc) is 2.18. The zero-order chi connectivity index (χ0) is 10.7. The molecule has 1 fully saturated rings. The summed E-state index contributed by atoms with van der Waals surface area (Å²) in [6.45, 7) is -0.428. The lowest BCUT2D eigenvalue weighted by atomic mass is 9.98. The predicted molar refractivity (Wildman–Crippen MR) is 49.7 cm³/mol. The van der Waals surface area contributed by atoms with Gasteiger partial charge in [-0.05, 0) is 5.53 Å². The standard InChI is InChI=1S/C6H11N3O4S/c7-9-8-3-4(11)2(1-10)13-6(14)5(3)12/h2-6,10-12,14H,1H2/t2-,3+,4+,5-,6+/m1/s1. The first kappa shape index (κ1) is 11.6. The van der Waals surface area contributed by atoms with Gasteiger partial charge in [-0.15, -0.1) is 12.6 Å². The van der Waals surface area contributed by atoms with E-state index in [-0.39, 0.29) is 0 Å². The van der Waals surface area contributed by atoms with Crippen LogP contribution in [0.5, 0.6) is 0 Å². The van der Waals surface area contributed by atoms with Gasteiger partial charge in [0.15, 0.2) is 0 Å². The molecule has 1 rings (SSSR count). The summed E-state index contributed by atoms with van der Waals surface area (Å²) in [4.78, 5) is 2.50. The smallest absolute Gasteiger partial charge is 0.127 e. The molecule has 0 amide bonds. The molecule has 0 aromatic rings. The lowest BCUT2D eigenvalue weighted by molar-refractivity contribution is -0.159. The molecule has 7 nitrogen and oxygen atoms in total. The van der Waals surface area contributed by atoms with Gasteiger partial charge in [-0.3, -0.25) is 0 Å². The molecular weight excluding hydrogens is 210 g/mol. The number of aliphatic hydroxyl groups is 3. The third kappa shape index (κ3) is 2.11. The fraction of sp³-hybridized carbons (Fsp3) is 1.00. The molecule has 0 aromatic carbocycles. The average molecular weight is 221 g/mol. The van der Waals surface area contributed by atoms with E-state index in [2.05, 4.69) is 22.7 Å². The Morgan fingerprint density at radius 2 is 2.07 bits per heavy atom. The first-order chi connectivity index (χ1) is 6.61. The lowest BCUT2D eigenvalue weighted by Crippen LogP contribution is -2.56. The molecule has 5 atom stereocenters. The highest BCUT2D eigenvalue weighted by atomic mass is 32.1. The maximum Gasteiger partial charge on any atom is 0.127 e. The minimum atomic E-state index is -1.23. The second kappa shape index (κ2) is 4.83. The van der Waals surface area contributed by atoms with Crippen LogP contribution in [0.25, 0.3) is 10.4 Å². The molecule has 0 unspecified atom stereocenters. The number of nitrogens with zero attached hydrogens (tertiary/aromatic N) is 3. The lowest BCUT2D eigenvalue weighted by Gasteiger charge is -2.38. The fourth-order valence-electron chi connectivity index (χ4n) is 1.28. The maximum atomic E-state index is 9.50. The zero-order valence-corrected chi connectivity index (χ0v) is 8.03. The van der Waals surface area contributed by atoms with Crippen LogP contribution in [-0.4, -0.2) is 51.7 Å². The first-order valence-corrected chi connectivity index (χ1v) is 4.48. The summed E-state index contributed by atoms with van der Waals surface area (Å²) in [5.74, 6) is 0. The number of aliphatic hydroxyl groups excluding tert-OH is 3. The van der Waals surface area contributed by atoms with E-state index in [1.54, 1.807) is 0 Å². The van der Waals surface area contributed by atoms with Crippen molar-refractivity contribution in [1.29, 1.82) is 0 Å². The highest BCUT2D eigenvalue weighted by Crippen LogP contribution is 2.25. The van der Waals surface area contributed by atoms with Gasteiger partial charge in [-0.25, -0.2) is 0 Å². The van der Waals surface area contributed by atoms with Gasteiger partial charge in [-0.2, -0.15) is 0 Å². The summed E-state index contributed by atoms with van der Waals surface area (Å²) >= 11 is 3.88. The number of azide groups is 1. The number of hydrogen-bond acceptors (Lipinski definition) is 6. The van der Waals surface area contributed by atoms with E-state index in [9.17, 15) is 10.2 Å². The van der Waals surface area contributed by atoms with Crippen LogP contribution in [0, 0.1) is 0 Å². The molecule has 3 N–H and O–H groups in total. The van der Waals surface area contributed by atoms with Crippen LogP contribution in [0.3, 0.4) is 0 Å². The van der Waals surface area contributed by atoms with Gasteiger partial charge in [0.25, 0.3) is 0 Å². The molecule has 8 heteroatoms. The fourth-order valence-corrected chi connectivity index (χ4v) is 1.61. The molecule has 80 valence electrons. The summed E-state index contributed by atoms with van der Waals surface area (Å²) in [5.41, 5.74) is 7.32. The van der Waals surface area contributed by atoms with Crippen LogP contribution in [0.2, 0.25) is 0 Å². The van der Waals surface area contributed by atoms with Crippen molar-refractivity contribution in [1.82, 2.24) is 0 Å². The van der Waals surface area contributed by atoms with E-state index >= 15 is 0 Å². The molecule has 0 radical (unpaired) electrons. The van der Waals surface area contributed by atoms with Crippen LogP contribution >= 0.6 is 12.6 Å². The molecule has 1 aliphatic heterocycles. The number of ether oxygens (including phenoxy) is 1. The van der Waals surface area contributed by atoms with Gasteiger partial charge < -0.3 is 20.1 Å². The molecule has 1 aliphatic rings. The number of hydrogen-bond donors (Lipinski definition) is 4. The summed E-state index contributed by atoms with van der Waals surface area (Å²) in [7, 11) is 0. The van der Waals surface area contributed by atoms with Crippen LogP contribution in [0.1, 0.15) is 0 Å². The van der Waals surface area contributed by atoms with Crippen molar-refractivity contribution in [2.45, 2.75) is 29.8 Å². The van der Waals surface area contributed by atoms with Crippen LogP contribution < -0.4 is 0 Å². The van der Waals surface area contributed by atoms with Crippen molar-refractivity contribution < 1.29 is 20.1 Å². The monoisotopic (exact) mass is 221 g/mol.